The lowest BCUT2D eigenvalue weighted by Gasteiger charge is -2.32. The number of rotatable bonds is 6. The fourth-order valence-corrected chi connectivity index (χ4v) is 7.16. The first-order valence-electron chi connectivity index (χ1n) is 11.2. The third-order valence-electron chi connectivity index (χ3n) is 6.31. The van der Waals surface area contributed by atoms with Crippen molar-refractivity contribution in [1.82, 2.24) is 4.90 Å². The molecule has 1 amide bonds. The van der Waals surface area contributed by atoms with E-state index in [0.29, 0.717) is 12.5 Å². The monoisotopic (exact) mass is 500 g/mol. The number of thioether (sulfide) groups is 1. The van der Waals surface area contributed by atoms with Crippen LogP contribution in [0.1, 0.15) is 39.6 Å². The van der Waals surface area contributed by atoms with Crippen molar-refractivity contribution in [1.29, 1.82) is 0 Å². The van der Waals surface area contributed by atoms with E-state index in [0.717, 1.165) is 56.6 Å². The highest BCUT2D eigenvalue weighted by molar-refractivity contribution is 8.01. The Kier molecular flexibility index (Phi) is 7.43. The number of likely N-dealkylation sites (tertiary alicyclic amines) is 1. The second-order valence-corrected chi connectivity index (χ2v) is 14.3. The molecule has 1 aliphatic heterocycles. The molecule has 2 N–H and O–H groups in total. The van der Waals surface area contributed by atoms with Crippen molar-refractivity contribution in [2.75, 3.05) is 31.9 Å². The number of hydrogen-bond donors (Lipinski definition) is 2. The van der Waals surface area contributed by atoms with Crippen LogP contribution in [0.25, 0.3) is 11.1 Å². The zero-order valence-corrected chi connectivity index (χ0v) is 21.9. The largest absolute Gasteiger partial charge is 0.338 e. The maximum atomic E-state index is 13.3. The predicted molar refractivity (Wildman–Crippen MR) is 143 cm³/mol. The summed E-state index contributed by atoms with van der Waals surface area (Å²) >= 11 is 3.22. The highest BCUT2D eigenvalue weighted by Crippen LogP contribution is 2.39. The van der Waals surface area contributed by atoms with Crippen LogP contribution in [-0.4, -0.2) is 46.9 Å². The van der Waals surface area contributed by atoms with Crippen LogP contribution in [0.4, 0.5) is 0 Å². The van der Waals surface area contributed by atoms with Crippen LogP contribution >= 0.6 is 23.1 Å². The zero-order chi connectivity index (χ0) is 23.6. The van der Waals surface area contributed by atoms with Crippen molar-refractivity contribution in [3.8, 4) is 11.1 Å². The Morgan fingerprint density at radius 3 is 2.52 bits per heavy atom. The topological polar surface area (TPSA) is 63.4 Å². The highest BCUT2D eigenvalue weighted by Gasteiger charge is 2.26. The summed E-state index contributed by atoms with van der Waals surface area (Å²) in [6.07, 6.45) is 7.56. The Hall–Kier alpha value is -1.93. The summed E-state index contributed by atoms with van der Waals surface area (Å²) < 4.78 is 13.7. The fourth-order valence-electron chi connectivity index (χ4n) is 4.39. The van der Waals surface area contributed by atoms with E-state index in [9.17, 15) is 9.00 Å². The molecule has 4 rings (SSSR count). The molecule has 1 aromatic heterocycles. The lowest BCUT2D eigenvalue weighted by Crippen LogP contribution is -2.37. The van der Waals surface area contributed by atoms with Crippen molar-refractivity contribution < 1.29 is 9.00 Å². The number of nitrogens with two attached hydrogens (primary N) is 1. The van der Waals surface area contributed by atoms with Gasteiger partial charge in [0.25, 0.3) is 5.91 Å². The van der Waals surface area contributed by atoms with Crippen LogP contribution in [-0.2, 0) is 16.5 Å². The summed E-state index contributed by atoms with van der Waals surface area (Å²) in [4.78, 5) is 17.0. The van der Waals surface area contributed by atoms with Gasteiger partial charge in [-0.15, -0.1) is 23.1 Å². The van der Waals surface area contributed by atoms with Gasteiger partial charge in [-0.3, -0.25) is 9.00 Å². The first-order valence-corrected chi connectivity index (χ1v) is 15.9. The molecule has 2 aromatic carbocycles. The van der Waals surface area contributed by atoms with E-state index in [1.807, 2.05) is 41.5 Å². The van der Waals surface area contributed by atoms with Gasteiger partial charge in [-0.05, 0) is 72.4 Å². The maximum absolute atomic E-state index is 13.3. The number of nitrogens with zero attached hydrogens (tertiary/aromatic N) is 1. The van der Waals surface area contributed by atoms with E-state index >= 15 is 0 Å². The molecule has 1 saturated heterocycles. The van der Waals surface area contributed by atoms with Crippen molar-refractivity contribution in [2.45, 2.75) is 34.4 Å². The quantitative estimate of drug-likeness (QED) is 0.358. The number of piperidine rings is 1. The van der Waals surface area contributed by atoms with E-state index in [-0.39, 0.29) is 5.91 Å². The second kappa shape index (κ2) is 10.1. The number of amides is 1. The Morgan fingerprint density at radius 1 is 1.12 bits per heavy atom. The molecule has 4 nitrogen and oxygen atoms in total. The molecule has 2 heterocycles. The number of thiophene rings is 1. The number of carbonyl (C=O) groups is 1. The smallest absolute Gasteiger partial charge is 0.263 e. The fraction of sp³-hybridized carbons (Fsp3) is 0.346. The normalized spacial score (nSPS) is 15.6. The molecule has 0 saturated carbocycles. The lowest BCUT2D eigenvalue weighted by molar-refractivity contribution is 0.0718. The molecule has 0 radical (unpaired) electrons. The molecule has 0 unspecified atom stereocenters. The van der Waals surface area contributed by atoms with Gasteiger partial charge in [0, 0.05) is 30.1 Å². The van der Waals surface area contributed by atoms with E-state index in [1.165, 1.54) is 5.56 Å². The summed E-state index contributed by atoms with van der Waals surface area (Å²) in [5.41, 5.74) is 10.4. The SMILES string of the molecule is CSc1sc(C(=O)N2CCC(c3cccc(CN)c3)CC2)cc1-c1cccc([SH](C)(C)=O)c1. The van der Waals surface area contributed by atoms with Crippen molar-refractivity contribution in [3.63, 3.8) is 0 Å². The molecule has 0 atom stereocenters. The van der Waals surface area contributed by atoms with Crippen LogP contribution in [0.3, 0.4) is 0 Å². The molecular weight excluding hydrogens is 468 g/mol. The van der Waals surface area contributed by atoms with E-state index in [2.05, 4.69) is 24.3 Å². The number of thiol groups is 1. The van der Waals surface area contributed by atoms with Crippen LogP contribution in [0.15, 0.2) is 63.7 Å². The average molecular weight is 501 g/mol. The van der Waals surface area contributed by atoms with E-state index in [4.69, 9.17) is 5.73 Å². The number of hydrogen-bond acceptors (Lipinski definition) is 5. The summed E-state index contributed by atoms with van der Waals surface area (Å²) in [6, 6.07) is 18.5. The van der Waals surface area contributed by atoms with Gasteiger partial charge in [0.05, 0.1) is 9.09 Å². The van der Waals surface area contributed by atoms with Gasteiger partial charge >= 0.3 is 0 Å². The lowest BCUT2D eigenvalue weighted by atomic mass is 9.88. The molecule has 3 aromatic rings. The van der Waals surface area contributed by atoms with Gasteiger partial charge in [-0.2, -0.15) is 0 Å². The maximum Gasteiger partial charge on any atom is 0.263 e. The van der Waals surface area contributed by atoms with Crippen LogP contribution in [0, 0.1) is 0 Å². The third kappa shape index (κ3) is 5.43. The summed E-state index contributed by atoms with van der Waals surface area (Å²) in [5, 5.41) is 0. The van der Waals surface area contributed by atoms with Gasteiger partial charge < -0.3 is 10.6 Å². The van der Waals surface area contributed by atoms with Crippen LogP contribution < -0.4 is 5.73 Å². The third-order valence-corrected chi connectivity index (χ3v) is 10.1. The molecule has 1 fully saturated rings. The summed E-state index contributed by atoms with van der Waals surface area (Å²) in [7, 11) is -2.35. The van der Waals surface area contributed by atoms with E-state index < -0.39 is 9.93 Å². The van der Waals surface area contributed by atoms with Gasteiger partial charge in [0.2, 0.25) is 0 Å². The Bertz CT molecular complexity index is 1190. The number of carbonyl (C=O) groups excluding carboxylic acids is 1. The first-order chi connectivity index (χ1) is 15.8. The average Bonchev–Trinajstić information content (AvgIpc) is 3.28. The summed E-state index contributed by atoms with van der Waals surface area (Å²) in [6.45, 7) is 2.09. The minimum atomic E-state index is -2.35. The Morgan fingerprint density at radius 2 is 1.85 bits per heavy atom. The molecule has 0 bridgehead atoms. The molecule has 0 aliphatic carbocycles. The minimum Gasteiger partial charge on any atom is -0.338 e. The van der Waals surface area contributed by atoms with Crippen molar-refractivity contribution in [3.05, 3.63) is 70.6 Å². The van der Waals surface area contributed by atoms with Crippen molar-refractivity contribution >= 4 is 38.9 Å². The van der Waals surface area contributed by atoms with Gasteiger partial charge in [-0.1, -0.05) is 46.3 Å². The highest BCUT2D eigenvalue weighted by atomic mass is 32.2. The van der Waals surface area contributed by atoms with E-state index in [1.54, 1.807) is 35.6 Å². The van der Waals surface area contributed by atoms with Crippen LogP contribution in [0.2, 0.25) is 0 Å². The molecule has 33 heavy (non-hydrogen) atoms. The van der Waals surface area contributed by atoms with Crippen molar-refractivity contribution in [2.24, 2.45) is 5.73 Å². The zero-order valence-electron chi connectivity index (χ0n) is 19.4. The molecular formula is C26H32N2O2S3. The Labute approximate surface area is 206 Å². The standard InChI is InChI=1S/C26H32N2O2S3/c1-31-26-23(21-8-5-9-22(15-21)33(2,3)30)16-24(32-26)25(29)28-12-10-19(11-13-28)20-7-4-6-18(14-20)17-27/h4-9,14-16,19,33H,10-13,17,27H2,1-3H3. The first kappa shape index (κ1) is 24.2. The molecule has 176 valence electrons. The Balaban J connectivity index is 1.51. The molecule has 1 aliphatic rings. The minimum absolute atomic E-state index is 0.114. The predicted octanol–water partition coefficient (Wildman–Crippen LogP) is 5.25. The summed E-state index contributed by atoms with van der Waals surface area (Å²) in [5.74, 6) is 0.589. The molecule has 7 heteroatoms. The van der Waals surface area contributed by atoms with Crippen LogP contribution in [0.5, 0.6) is 0 Å². The number of benzene rings is 2. The van der Waals surface area contributed by atoms with Gasteiger partial charge in [0.15, 0.2) is 0 Å². The molecule has 0 spiro atoms. The second-order valence-electron chi connectivity index (χ2n) is 8.93. The van der Waals surface area contributed by atoms with Gasteiger partial charge in [0.1, 0.15) is 0 Å². The van der Waals surface area contributed by atoms with Gasteiger partial charge in [-0.25, -0.2) is 0 Å².